The zero-order valence-electron chi connectivity index (χ0n) is 13.9. The van der Waals surface area contributed by atoms with Gasteiger partial charge in [-0.05, 0) is 55.1 Å². The normalized spacial score (nSPS) is 11.4. The first kappa shape index (κ1) is 17.4. The van der Waals surface area contributed by atoms with E-state index in [1.807, 2.05) is 31.2 Å². The van der Waals surface area contributed by atoms with Crippen LogP contribution in [0.25, 0.3) is 10.1 Å². The molecule has 0 aliphatic carbocycles. The van der Waals surface area contributed by atoms with E-state index in [4.69, 9.17) is 0 Å². The predicted octanol–water partition coefficient (Wildman–Crippen LogP) is 4.22. The first-order valence-corrected chi connectivity index (χ1v) is 10.3. The molecule has 1 amide bonds. The van der Waals surface area contributed by atoms with Crippen molar-refractivity contribution in [3.05, 3.63) is 59.0 Å². The molecule has 2 aromatic carbocycles. The van der Waals surface area contributed by atoms with Crippen molar-refractivity contribution in [2.75, 3.05) is 15.8 Å². The number of amides is 1. The van der Waals surface area contributed by atoms with Crippen LogP contribution in [0, 0.1) is 6.92 Å². The average molecular weight is 374 g/mol. The maximum Gasteiger partial charge on any atom is 0.266 e. The Morgan fingerprint density at radius 1 is 1.04 bits per heavy atom. The van der Waals surface area contributed by atoms with E-state index >= 15 is 0 Å². The SMILES string of the molecule is CCS(=O)(=O)Nc1ccc(NC(=O)c2sc3ccccc3c2C)cc1. The highest BCUT2D eigenvalue weighted by atomic mass is 32.2. The Bertz CT molecular complexity index is 1020. The van der Waals surface area contributed by atoms with Crippen molar-refractivity contribution >= 4 is 48.7 Å². The van der Waals surface area contributed by atoms with Crippen LogP contribution in [-0.2, 0) is 10.0 Å². The number of carbonyl (C=O) groups excluding carboxylic acids is 1. The molecule has 0 aliphatic heterocycles. The predicted molar refractivity (Wildman–Crippen MR) is 104 cm³/mol. The van der Waals surface area contributed by atoms with E-state index < -0.39 is 10.0 Å². The van der Waals surface area contributed by atoms with E-state index in [1.54, 1.807) is 31.2 Å². The number of rotatable bonds is 5. The van der Waals surface area contributed by atoms with Crippen LogP contribution in [0.2, 0.25) is 0 Å². The van der Waals surface area contributed by atoms with Crippen molar-refractivity contribution in [2.45, 2.75) is 13.8 Å². The molecule has 0 aliphatic rings. The molecule has 0 saturated heterocycles. The van der Waals surface area contributed by atoms with E-state index in [0.29, 0.717) is 16.3 Å². The minimum absolute atomic E-state index is 0.0106. The summed E-state index contributed by atoms with van der Waals surface area (Å²) in [6.07, 6.45) is 0. The first-order valence-electron chi connectivity index (χ1n) is 7.79. The van der Waals surface area contributed by atoms with Gasteiger partial charge >= 0.3 is 0 Å². The third-order valence-electron chi connectivity index (χ3n) is 3.85. The molecule has 5 nitrogen and oxygen atoms in total. The minimum atomic E-state index is -3.31. The highest BCUT2D eigenvalue weighted by Crippen LogP contribution is 2.31. The molecule has 1 heterocycles. The van der Waals surface area contributed by atoms with Crippen molar-refractivity contribution in [2.24, 2.45) is 0 Å². The third kappa shape index (κ3) is 3.83. The van der Waals surface area contributed by atoms with E-state index in [-0.39, 0.29) is 11.7 Å². The summed E-state index contributed by atoms with van der Waals surface area (Å²) in [7, 11) is -3.31. The molecule has 3 aromatic rings. The molecule has 3 rings (SSSR count). The fourth-order valence-electron chi connectivity index (χ4n) is 2.45. The second-order valence-electron chi connectivity index (χ2n) is 5.59. The molecular formula is C18H18N2O3S2. The fraction of sp³-hybridized carbons (Fsp3) is 0.167. The number of sulfonamides is 1. The number of thiophene rings is 1. The van der Waals surface area contributed by atoms with Crippen molar-refractivity contribution in [3.63, 3.8) is 0 Å². The summed E-state index contributed by atoms with van der Waals surface area (Å²) in [6, 6.07) is 14.5. The second kappa shape index (κ2) is 6.85. The maximum absolute atomic E-state index is 12.6. The van der Waals surface area contributed by atoms with Crippen molar-refractivity contribution in [3.8, 4) is 0 Å². The molecule has 0 radical (unpaired) electrons. The van der Waals surface area contributed by atoms with Crippen LogP contribution in [0.15, 0.2) is 48.5 Å². The molecule has 130 valence electrons. The van der Waals surface area contributed by atoms with Crippen LogP contribution in [0.1, 0.15) is 22.2 Å². The fourth-order valence-corrected chi connectivity index (χ4v) is 4.20. The number of aryl methyl sites for hydroxylation is 1. The topological polar surface area (TPSA) is 75.3 Å². The van der Waals surface area contributed by atoms with Gasteiger partial charge in [-0.1, -0.05) is 18.2 Å². The van der Waals surface area contributed by atoms with E-state index in [9.17, 15) is 13.2 Å². The van der Waals surface area contributed by atoms with E-state index in [1.165, 1.54) is 11.3 Å². The Morgan fingerprint density at radius 2 is 1.68 bits per heavy atom. The van der Waals surface area contributed by atoms with Crippen molar-refractivity contribution in [1.29, 1.82) is 0 Å². The van der Waals surface area contributed by atoms with Gasteiger partial charge in [0.15, 0.2) is 0 Å². The zero-order valence-corrected chi connectivity index (χ0v) is 15.5. The lowest BCUT2D eigenvalue weighted by molar-refractivity contribution is 0.103. The Hall–Kier alpha value is -2.38. The quantitative estimate of drug-likeness (QED) is 0.702. The van der Waals surface area contributed by atoms with E-state index in [0.717, 1.165) is 15.6 Å². The molecule has 0 bridgehead atoms. The molecular weight excluding hydrogens is 356 g/mol. The minimum Gasteiger partial charge on any atom is -0.321 e. The van der Waals surface area contributed by atoms with Gasteiger partial charge in [-0.15, -0.1) is 11.3 Å². The zero-order chi connectivity index (χ0) is 18.0. The lowest BCUT2D eigenvalue weighted by atomic mass is 10.1. The number of carbonyl (C=O) groups is 1. The second-order valence-corrected chi connectivity index (χ2v) is 8.65. The number of fused-ring (bicyclic) bond motifs is 1. The highest BCUT2D eigenvalue weighted by molar-refractivity contribution is 7.92. The largest absolute Gasteiger partial charge is 0.321 e. The van der Waals surface area contributed by atoms with Crippen LogP contribution in [0.3, 0.4) is 0 Å². The number of benzene rings is 2. The van der Waals surface area contributed by atoms with Crippen LogP contribution in [-0.4, -0.2) is 20.1 Å². The van der Waals surface area contributed by atoms with Crippen LogP contribution >= 0.6 is 11.3 Å². The molecule has 2 N–H and O–H groups in total. The Labute approximate surface area is 150 Å². The van der Waals surface area contributed by atoms with Crippen LogP contribution in [0.5, 0.6) is 0 Å². The highest BCUT2D eigenvalue weighted by Gasteiger charge is 2.15. The van der Waals surface area contributed by atoms with Gasteiger partial charge < -0.3 is 5.32 Å². The summed E-state index contributed by atoms with van der Waals surface area (Å²) in [4.78, 5) is 13.2. The molecule has 0 spiro atoms. The standard InChI is InChI=1S/C18H18N2O3S2/c1-3-25(22,23)20-14-10-8-13(9-11-14)19-18(21)17-12(2)15-6-4-5-7-16(15)24-17/h4-11,20H,3H2,1-2H3,(H,19,21). The third-order valence-corrected chi connectivity index (χ3v) is 6.42. The molecule has 0 fully saturated rings. The molecule has 1 aromatic heterocycles. The molecule has 0 unspecified atom stereocenters. The van der Waals surface area contributed by atoms with Gasteiger partial charge in [0.1, 0.15) is 0 Å². The lowest BCUT2D eigenvalue weighted by Gasteiger charge is -2.08. The monoisotopic (exact) mass is 374 g/mol. The smallest absolute Gasteiger partial charge is 0.266 e. The number of nitrogens with one attached hydrogen (secondary N) is 2. The Balaban J connectivity index is 1.77. The molecule has 7 heteroatoms. The summed E-state index contributed by atoms with van der Waals surface area (Å²) in [5.74, 6) is -0.156. The van der Waals surface area contributed by atoms with Crippen molar-refractivity contribution < 1.29 is 13.2 Å². The van der Waals surface area contributed by atoms with Crippen LogP contribution in [0.4, 0.5) is 11.4 Å². The molecule has 25 heavy (non-hydrogen) atoms. The number of anilines is 2. The summed E-state index contributed by atoms with van der Waals surface area (Å²) < 4.78 is 26.7. The summed E-state index contributed by atoms with van der Waals surface area (Å²) in [6.45, 7) is 3.51. The summed E-state index contributed by atoms with van der Waals surface area (Å²) in [5.41, 5.74) is 2.05. The molecule has 0 saturated carbocycles. The van der Waals surface area contributed by atoms with Gasteiger partial charge in [0.05, 0.1) is 10.6 Å². The Kier molecular flexibility index (Phi) is 4.78. The van der Waals surface area contributed by atoms with Crippen LogP contribution < -0.4 is 10.0 Å². The average Bonchev–Trinajstić information content (AvgIpc) is 2.94. The number of hydrogen-bond donors (Lipinski definition) is 2. The summed E-state index contributed by atoms with van der Waals surface area (Å²) >= 11 is 1.46. The van der Waals surface area contributed by atoms with Gasteiger partial charge in [-0.3, -0.25) is 9.52 Å². The first-order chi connectivity index (χ1) is 11.9. The molecule has 0 atom stereocenters. The van der Waals surface area contributed by atoms with Gasteiger partial charge in [-0.25, -0.2) is 8.42 Å². The number of hydrogen-bond acceptors (Lipinski definition) is 4. The van der Waals surface area contributed by atoms with E-state index in [2.05, 4.69) is 10.0 Å². The van der Waals surface area contributed by atoms with Gasteiger partial charge in [0.25, 0.3) is 5.91 Å². The van der Waals surface area contributed by atoms with Crippen molar-refractivity contribution in [1.82, 2.24) is 0 Å². The Morgan fingerprint density at radius 3 is 2.32 bits per heavy atom. The maximum atomic E-state index is 12.6. The lowest BCUT2D eigenvalue weighted by Crippen LogP contribution is -2.15. The van der Waals surface area contributed by atoms with Gasteiger partial charge in [0.2, 0.25) is 10.0 Å². The van der Waals surface area contributed by atoms with Gasteiger partial charge in [0, 0.05) is 16.1 Å². The van der Waals surface area contributed by atoms with Gasteiger partial charge in [-0.2, -0.15) is 0 Å². The summed E-state index contributed by atoms with van der Waals surface area (Å²) in [5, 5.41) is 3.94.